The lowest BCUT2D eigenvalue weighted by molar-refractivity contribution is -0.384. The number of nitro benzene ring substituents is 1. The molecule has 7 nitrogen and oxygen atoms in total. The standard InChI is InChI=1S/C13H16N4O3/c14-10-11-9-12(17(19)20)1-2-13(11)16-5-3-15(4-6-16)7-8-18/h1-2,9,18H,3-8H2. The third kappa shape index (κ3) is 3.04. The fraction of sp³-hybridized carbons (Fsp3) is 0.462. The maximum absolute atomic E-state index is 10.7. The summed E-state index contributed by atoms with van der Waals surface area (Å²) in [4.78, 5) is 14.4. The Hall–Kier alpha value is -2.17. The number of anilines is 1. The molecule has 0 radical (unpaired) electrons. The summed E-state index contributed by atoms with van der Waals surface area (Å²) in [5, 5.41) is 28.8. The monoisotopic (exact) mass is 276 g/mol. The normalized spacial score (nSPS) is 15.9. The fourth-order valence-corrected chi connectivity index (χ4v) is 2.36. The number of hydrogen-bond donors (Lipinski definition) is 1. The molecular weight excluding hydrogens is 260 g/mol. The molecule has 7 heteroatoms. The average molecular weight is 276 g/mol. The number of aliphatic hydroxyl groups is 1. The van der Waals surface area contributed by atoms with Crippen molar-refractivity contribution in [3.8, 4) is 6.07 Å². The lowest BCUT2D eigenvalue weighted by Gasteiger charge is -2.36. The largest absolute Gasteiger partial charge is 0.395 e. The third-order valence-corrected chi connectivity index (χ3v) is 3.44. The van der Waals surface area contributed by atoms with E-state index in [-0.39, 0.29) is 12.3 Å². The van der Waals surface area contributed by atoms with Crippen LogP contribution < -0.4 is 4.90 Å². The van der Waals surface area contributed by atoms with E-state index in [0.717, 1.165) is 31.9 Å². The van der Waals surface area contributed by atoms with Crippen LogP contribution in [0, 0.1) is 21.4 Å². The van der Waals surface area contributed by atoms with Crippen LogP contribution in [-0.2, 0) is 0 Å². The molecule has 0 aromatic heterocycles. The Morgan fingerprint density at radius 3 is 2.60 bits per heavy atom. The zero-order valence-electron chi connectivity index (χ0n) is 11.0. The number of aliphatic hydroxyl groups excluding tert-OH is 1. The van der Waals surface area contributed by atoms with Gasteiger partial charge in [0.1, 0.15) is 6.07 Å². The second-order valence-electron chi connectivity index (χ2n) is 4.62. The molecule has 2 rings (SSSR count). The summed E-state index contributed by atoms with van der Waals surface area (Å²) < 4.78 is 0. The first-order valence-corrected chi connectivity index (χ1v) is 6.42. The van der Waals surface area contributed by atoms with Gasteiger partial charge in [-0.1, -0.05) is 0 Å². The van der Waals surface area contributed by atoms with Gasteiger partial charge < -0.3 is 10.0 Å². The predicted octanol–water partition coefficient (Wildman–Crippen LogP) is 0.581. The molecule has 0 spiro atoms. The van der Waals surface area contributed by atoms with Crippen molar-refractivity contribution in [1.29, 1.82) is 5.26 Å². The van der Waals surface area contributed by atoms with Crippen LogP contribution in [0.2, 0.25) is 0 Å². The molecule has 106 valence electrons. The Kier molecular flexibility index (Phi) is 4.50. The number of benzene rings is 1. The first-order valence-electron chi connectivity index (χ1n) is 6.42. The van der Waals surface area contributed by atoms with Gasteiger partial charge in [-0.2, -0.15) is 5.26 Å². The van der Waals surface area contributed by atoms with Crippen LogP contribution in [0.25, 0.3) is 0 Å². The SMILES string of the molecule is N#Cc1cc([N+](=O)[O-])ccc1N1CCN(CCO)CC1. The summed E-state index contributed by atoms with van der Waals surface area (Å²) in [6.07, 6.45) is 0. The van der Waals surface area contributed by atoms with E-state index in [1.807, 2.05) is 6.07 Å². The highest BCUT2D eigenvalue weighted by atomic mass is 16.6. The van der Waals surface area contributed by atoms with Gasteiger partial charge in [-0.25, -0.2) is 0 Å². The van der Waals surface area contributed by atoms with Gasteiger partial charge in [-0.15, -0.1) is 0 Å². The lowest BCUT2D eigenvalue weighted by atomic mass is 10.1. The Morgan fingerprint density at radius 2 is 2.05 bits per heavy atom. The van der Waals surface area contributed by atoms with Crippen molar-refractivity contribution in [3.63, 3.8) is 0 Å². The third-order valence-electron chi connectivity index (χ3n) is 3.44. The summed E-state index contributed by atoms with van der Waals surface area (Å²) in [7, 11) is 0. The van der Waals surface area contributed by atoms with Crippen LogP contribution in [0.5, 0.6) is 0 Å². The van der Waals surface area contributed by atoms with E-state index in [1.165, 1.54) is 12.1 Å². The van der Waals surface area contributed by atoms with E-state index >= 15 is 0 Å². The molecule has 0 saturated carbocycles. The number of rotatable bonds is 4. The summed E-state index contributed by atoms with van der Waals surface area (Å²) in [6.45, 7) is 3.89. The Labute approximate surface area is 116 Å². The van der Waals surface area contributed by atoms with Crippen LogP contribution in [-0.4, -0.2) is 54.3 Å². The molecule has 1 aliphatic rings. The van der Waals surface area contributed by atoms with Crippen molar-refractivity contribution >= 4 is 11.4 Å². The van der Waals surface area contributed by atoms with Gasteiger partial charge in [0.2, 0.25) is 0 Å². The van der Waals surface area contributed by atoms with E-state index in [0.29, 0.717) is 12.1 Å². The number of β-amino-alcohol motifs (C(OH)–C–C–N with tert-alkyl or cyclic N) is 1. The van der Waals surface area contributed by atoms with Crippen molar-refractivity contribution in [1.82, 2.24) is 4.90 Å². The zero-order chi connectivity index (χ0) is 14.5. The highest BCUT2D eigenvalue weighted by molar-refractivity contribution is 5.63. The molecular formula is C13H16N4O3. The smallest absolute Gasteiger partial charge is 0.270 e. The quantitative estimate of drug-likeness (QED) is 0.638. The van der Waals surface area contributed by atoms with Crippen LogP contribution in [0.1, 0.15) is 5.56 Å². The van der Waals surface area contributed by atoms with Crippen molar-refractivity contribution < 1.29 is 10.0 Å². The second-order valence-corrected chi connectivity index (χ2v) is 4.62. The Bertz CT molecular complexity index is 533. The number of nitrogens with zero attached hydrogens (tertiary/aromatic N) is 4. The van der Waals surface area contributed by atoms with Crippen molar-refractivity contribution in [2.75, 3.05) is 44.2 Å². The average Bonchev–Trinajstić information content (AvgIpc) is 2.47. The van der Waals surface area contributed by atoms with Crippen LogP contribution in [0.4, 0.5) is 11.4 Å². The topological polar surface area (TPSA) is 93.6 Å². The first-order chi connectivity index (χ1) is 9.65. The molecule has 1 fully saturated rings. The molecule has 20 heavy (non-hydrogen) atoms. The van der Waals surface area contributed by atoms with Crippen molar-refractivity contribution in [3.05, 3.63) is 33.9 Å². The van der Waals surface area contributed by atoms with Gasteiger partial charge in [0, 0.05) is 44.9 Å². The Balaban J connectivity index is 2.14. The summed E-state index contributed by atoms with van der Waals surface area (Å²) in [5.41, 5.74) is 1.00. The molecule has 0 bridgehead atoms. The van der Waals surface area contributed by atoms with Gasteiger partial charge in [-0.05, 0) is 6.07 Å². The van der Waals surface area contributed by atoms with E-state index in [9.17, 15) is 10.1 Å². The molecule has 0 unspecified atom stereocenters. The van der Waals surface area contributed by atoms with Crippen LogP contribution in [0.3, 0.4) is 0 Å². The van der Waals surface area contributed by atoms with Gasteiger partial charge in [0.05, 0.1) is 22.8 Å². The maximum Gasteiger partial charge on any atom is 0.270 e. The van der Waals surface area contributed by atoms with Gasteiger partial charge in [-0.3, -0.25) is 15.0 Å². The Morgan fingerprint density at radius 1 is 1.35 bits per heavy atom. The van der Waals surface area contributed by atoms with Gasteiger partial charge in [0.15, 0.2) is 0 Å². The molecule has 0 amide bonds. The number of nitro groups is 1. The second kappa shape index (κ2) is 6.32. The molecule has 0 aliphatic carbocycles. The maximum atomic E-state index is 10.7. The van der Waals surface area contributed by atoms with Gasteiger partial charge >= 0.3 is 0 Å². The first kappa shape index (κ1) is 14.2. The van der Waals surface area contributed by atoms with Crippen LogP contribution in [0.15, 0.2) is 18.2 Å². The van der Waals surface area contributed by atoms with Crippen molar-refractivity contribution in [2.45, 2.75) is 0 Å². The van der Waals surface area contributed by atoms with E-state index in [1.54, 1.807) is 6.07 Å². The number of nitriles is 1. The van der Waals surface area contributed by atoms with Crippen molar-refractivity contribution in [2.24, 2.45) is 0 Å². The number of piperazine rings is 1. The fourth-order valence-electron chi connectivity index (χ4n) is 2.36. The lowest BCUT2D eigenvalue weighted by Crippen LogP contribution is -2.47. The van der Waals surface area contributed by atoms with Crippen LogP contribution >= 0.6 is 0 Å². The highest BCUT2D eigenvalue weighted by Crippen LogP contribution is 2.25. The molecule has 0 atom stereocenters. The van der Waals surface area contributed by atoms with E-state index < -0.39 is 4.92 Å². The molecule has 1 aliphatic heterocycles. The summed E-state index contributed by atoms with van der Waals surface area (Å²) in [5.74, 6) is 0. The predicted molar refractivity (Wildman–Crippen MR) is 73.6 cm³/mol. The number of hydrogen-bond acceptors (Lipinski definition) is 6. The van der Waals surface area contributed by atoms with E-state index in [2.05, 4.69) is 9.80 Å². The highest BCUT2D eigenvalue weighted by Gasteiger charge is 2.20. The minimum Gasteiger partial charge on any atom is -0.395 e. The van der Waals surface area contributed by atoms with E-state index in [4.69, 9.17) is 10.4 Å². The molecule has 1 aromatic carbocycles. The minimum atomic E-state index is -0.496. The number of non-ortho nitro benzene ring substituents is 1. The summed E-state index contributed by atoms with van der Waals surface area (Å²) in [6, 6.07) is 6.40. The molecule has 1 heterocycles. The zero-order valence-corrected chi connectivity index (χ0v) is 11.0. The molecule has 1 N–H and O–H groups in total. The molecule has 1 aromatic rings. The van der Waals surface area contributed by atoms with Gasteiger partial charge in [0.25, 0.3) is 5.69 Å². The molecule has 1 saturated heterocycles. The summed E-state index contributed by atoms with van der Waals surface area (Å²) >= 11 is 0. The minimum absolute atomic E-state index is 0.0655.